The fraction of sp³-hybridized carbons (Fsp3) is 0.385. The number of hydrogen-bond acceptors (Lipinski definition) is 3. The lowest BCUT2D eigenvalue weighted by Gasteiger charge is -2.25. The van der Waals surface area contributed by atoms with E-state index >= 15 is 0 Å². The molecule has 1 N–H and O–H groups in total. The number of ether oxygens (including phenoxy) is 1. The fourth-order valence-electron chi connectivity index (χ4n) is 1.54. The van der Waals surface area contributed by atoms with E-state index in [-0.39, 0.29) is 6.61 Å². The van der Waals surface area contributed by atoms with Gasteiger partial charge in [0.2, 0.25) is 0 Å². The lowest BCUT2D eigenvalue weighted by Crippen LogP contribution is -2.24. The minimum Gasteiger partial charge on any atom is -0.477 e. The van der Waals surface area contributed by atoms with Crippen LogP contribution in [0.3, 0.4) is 0 Å². The third-order valence-electron chi connectivity index (χ3n) is 2.24. The summed E-state index contributed by atoms with van der Waals surface area (Å²) in [5.74, 6) is 0.780. The molecule has 16 heavy (non-hydrogen) atoms. The van der Waals surface area contributed by atoms with Gasteiger partial charge in [-0.05, 0) is 32.1 Å². The third-order valence-corrected chi connectivity index (χ3v) is 2.24. The van der Waals surface area contributed by atoms with Crippen molar-refractivity contribution in [2.75, 3.05) is 24.7 Å². The summed E-state index contributed by atoms with van der Waals surface area (Å²) in [6.45, 7) is 5.18. The van der Waals surface area contributed by atoms with Crippen molar-refractivity contribution in [1.29, 1.82) is 0 Å². The Morgan fingerprint density at radius 3 is 2.56 bits per heavy atom. The van der Waals surface area contributed by atoms with E-state index in [4.69, 9.17) is 9.84 Å². The highest BCUT2D eigenvalue weighted by Gasteiger charge is 2.09. The Kier molecular flexibility index (Phi) is 5.43. The first-order chi connectivity index (χ1) is 7.83. The van der Waals surface area contributed by atoms with E-state index in [0.717, 1.165) is 18.1 Å². The number of rotatable bonds is 6. The van der Waals surface area contributed by atoms with E-state index in [0.29, 0.717) is 6.61 Å². The van der Waals surface area contributed by atoms with Crippen molar-refractivity contribution in [3.8, 4) is 0 Å². The Labute approximate surface area is 97.0 Å². The van der Waals surface area contributed by atoms with Crippen LogP contribution in [0.4, 0.5) is 5.69 Å². The van der Waals surface area contributed by atoms with Crippen molar-refractivity contribution in [2.45, 2.75) is 13.8 Å². The van der Waals surface area contributed by atoms with Crippen LogP contribution in [0, 0.1) is 0 Å². The maximum atomic E-state index is 8.76. The Hall–Kier alpha value is -1.48. The summed E-state index contributed by atoms with van der Waals surface area (Å²) in [5, 5.41) is 8.76. The molecule has 0 heterocycles. The number of nitrogens with zero attached hydrogens (tertiary/aromatic N) is 1. The second-order valence-corrected chi connectivity index (χ2v) is 3.28. The van der Waals surface area contributed by atoms with Gasteiger partial charge in [0.05, 0.1) is 6.61 Å². The zero-order valence-corrected chi connectivity index (χ0v) is 9.89. The van der Waals surface area contributed by atoms with Crippen molar-refractivity contribution in [1.82, 2.24) is 0 Å². The largest absolute Gasteiger partial charge is 0.477 e. The molecule has 0 aliphatic carbocycles. The van der Waals surface area contributed by atoms with Gasteiger partial charge in [0.1, 0.15) is 6.61 Å². The molecule has 0 aliphatic heterocycles. The van der Waals surface area contributed by atoms with Gasteiger partial charge in [-0.3, -0.25) is 0 Å². The molecule has 0 aliphatic rings. The van der Waals surface area contributed by atoms with Crippen LogP contribution in [0.5, 0.6) is 0 Å². The minimum atomic E-state index is 0.0314. The molecule has 0 saturated heterocycles. The summed E-state index contributed by atoms with van der Waals surface area (Å²) in [6.07, 6.45) is 1.91. The molecule has 0 atom stereocenters. The number of allylic oxidation sites excluding steroid dienone is 1. The Balaban J connectivity index is 2.80. The van der Waals surface area contributed by atoms with Crippen molar-refractivity contribution >= 4 is 5.69 Å². The van der Waals surface area contributed by atoms with Crippen LogP contribution < -0.4 is 4.90 Å². The lowest BCUT2D eigenvalue weighted by atomic mass is 10.3. The molecule has 3 heteroatoms. The van der Waals surface area contributed by atoms with Crippen LogP contribution >= 0.6 is 0 Å². The topological polar surface area (TPSA) is 32.7 Å². The van der Waals surface area contributed by atoms with Crippen LogP contribution in [-0.4, -0.2) is 24.9 Å². The molecular formula is C13H19NO2. The van der Waals surface area contributed by atoms with E-state index in [1.165, 1.54) is 0 Å². The number of aliphatic hydroxyl groups excluding tert-OH is 1. The first-order valence-corrected chi connectivity index (χ1v) is 5.56. The van der Waals surface area contributed by atoms with E-state index in [9.17, 15) is 0 Å². The van der Waals surface area contributed by atoms with Gasteiger partial charge < -0.3 is 14.7 Å². The Morgan fingerprint density at radius 1 is 1.38 bits per heavy atom. The molecule has 0 spiro atoms. The van der Waals surface area contributed by atoms with Crippen molar-refractivity contribution < 1.29 is 9.84 Å². The molecule has 0 amide bonds. The average molecular weight is 221 g/mol. The van der Waals surface area contributed by atoms with Crippen LogP contribution in [-0.2, 0) is 4.74 Å². The van der Waals surface area contributed by atoms with E-state index in [1.54, 1.807) is 0 Å². The summed E-state index contributed by atoms with van der Waals surface area (Å²) < 4.78 is 5.48. The summed E-state index contributed by atoms with van der Waals surface area (Å²) >= 11 is 0. The molecule has 3 nitrogen and oxygen atoms in total. The highest BCUT2D eigenvalue weighted by molar-refractivity contribution is 5.50. The van der Waals surface area contributed by atoms with Crippen LogP contribution in [0.25, 0.3) is 0 Å². The van der Waals surface area contributed by atoms with Crippen LogP contribution in [0.2, 0.25) is 0 Å². The van der Waals surface area contributed by atoms with E-state index in [2.05, 4.69) is 11.8 Å². The predicted octanol–water partition coefficient (Wildman–Crippen LogP) is 2.38. The summed E-state index contributed by atoms with van der Waals surface area (Å²) in [4.78, 5) is 2.07. The zero-order chi connectivity index (χ0) is 11.8. The van der Waals surface area contributed by atoms with Crippen molar-refractivity contribution in [3.63, 3.8) is 0 Å². The monoisotopic (exact) mass is 221 g/mol. The van der Waals surface area contributed by atoms with Gasteiger partial charge in [0.15, 0.2) is 5.88 Å². The second kappa shape index (κ2) is 6.90. The SMILES string of the molecule is C/C=C(/OCCO)N(CC)c1ccccc1. The molecular weight excluding hydrogens is 202 g/mol. The average Bonchev–Trinajstić information content (AvgIpc) is 2.35. The molecule has 88 valence electrons. The zero-order valence-electron chi connectivity index (χ0n) is 9.89. The molecule has 0 saturated carbocycles. The molecule has 0 unspecified atom stereocenters. The van der Waals surface area contributed by atoms with Crippen molar-refractivity contribution in [3.05, 3.63) is 42.3 Å². The van der Waals surface area contributed by atoms with Gasteiger partial charge in [0.25, 0.3) is 0 Å². The Bertz CT molecular complexity index is 322. The molecule has 1 rings (SSSR count). The highest BCUT2D eigenvalue weighted by Crippen LogP contribution is 2.18. The quantitative estimate of drug-likeness (QED) is 0.749. The smallest absolute Gasteiger partial charge is 0.189 e. The van der Waals surface area contributed by atoms with Crippen molar-refractivity contribution in [2.24, 2.45) is 0 Å². The van der Waals surface area contributed by atoms with Gasteiger partial charge in [-0.15, -0.1) is 0 Å². The lowest BCUT2D eigenvalue weighted by molar-refractivity contribution is 0.140. The number of anilines is 1. The molecule has 0 fully saturated rings. The van der Waals surface area contributed by atoms with Gasteiger partial charge in [-0.1, -0.05) is 18.2 Å². The maximum absolute atomic E-state index is 8.76. The summed E-state index contributed by atoms with van der Waals surface area (Å²) in [5.41, 5.74) is 1.09. The maximum Gasteiger partial charge on any atom is 0.189 e. The normalized spacial score (nSPS) is 11.3. The van der Waals surface area contributed by atoms with E-state index < -0.39 is 0 Å². The molecule has 1 aromatic rings. The third kappa shape index (κ3) is 3.28. The van der Waals surface area contributed by atoms with Gasteiger partial charge in [-0.25, -0.2) is 0 Å². The first kappa shape index (κ1) is 12.6. The molecule has 0 radical (unpaired) electrons. The number of para-hydroxylation sites is 1. The first-order valence-electron chi connectivity index (χ1n) is 5.56. The highest BCUT2D eigenvalue weighted by atomic mass is 16.5. The van der Waals surface area contributed by atoms with Gasteiger partial charge in [0, 0.05) is 12.2 Å². The fourth-order valence-corrected chi connectivity index (χ4v) is 1.54. The standard InChI is InChI=1S/C13H19NO2/c1-3-13(16-11-10-15)14(4-2)12-8-6-5-7-9-12/h3,5-9,15H,4,10-11H2,1-2H3/b13-3+. The van der Waals surface area contributed by atoms with Gasteiger partial charge in [-0.2, -0.15) is 0 Å². The molecule has 0 aromatic heterocycles. The molecule has 1 aromatic carbocycles. The van der Waals surface area contributed by atoms with Gasteiger partial charge >= 0.3 is 0 Å². The van der Waals surface area contributed by atoms with Crippen LogP contribution in [0.1, 0.15) is 13.8 Å². The Morgan fingerprint density at radius 2 is 2.06 bits per heavy atom. The minimum absolute atomic E-state index is 0.0314. The van der Waals surface area contributed by atoms with E-state index in [1.807, 2.05) is 43.3 Å². The number of benzene rings is 1. The summed E-state index contributed by atoms with van der Waals surface area (Å²) in [7, 11) is 0. The number of aliphatic hydroxyl groups is 1. The predicted molar refractivity (Wildman–Crippen MR) is 66.3 cm³/mol. The molecule has 0 bridgehead atoms. The second-order valence-electron chi connectivity index (χ2n) is 3.28. The summed E-state index contributed by atoms with van der Waals surface area (Å²) in [6, 6.07) is 10.1. The van der Waals surface area contributed by atoms with Crippen LogP contribution in [0.15, 0.2) is 42.3 Å². The number of hydrogen-bond donors (Lipinski definition) is 1.